The molecule has 2 heterocycles. The highest BCUT2D eigenvalue weighted by atomic mass is 35.5. The molecule has 75 heavy (non-hydrogen) atoms. The largest absolute Gasteiger partial charge is 0.508 e. The van der Waals surface area contributed by atoms with Crippen molar-refractivity contribution in [2.45, 2.75) is 159 Å². The summed E-state index contributed by atoms with van der Waals surface area (Å²) in [6.07, 6.45) is 14.0. The minimum atomic E-state index is -0.754. The van der Waals surface area contributed by atoms with Crippen LogP contribution >= 0.6 is 12.4 Å². The standard InChI is InChI=1S/C33H44N2O7.C25H38N2O5.ClH/c1-40-33(39)29-21-28(42-18-9-8-17-41-23-24-11-4-2-5-12-24)22-35(29)32(38)31(26-14-6-3-7-15-26)34-30(37)20-25-13-10-16-27(36)19-25;1-30-25(29)22-16-21(17-27(22)24(28)23(26)20-12-6-3-7-13-20)32-15-9-8-14-31-18-19-10-4-2-5-11-19;/h2,4-5,10-13,16,19,26,28-29,31,36H,3,6-9,14-15,17-18,20-23H2,1H3,(H,34,37);2,4-5,10-11,20-23H,3,6-9,12-18,26H2,1H3;1H/t28-,29+,31+;21-,22+,23+;/m11./s1. The van der Waals surface area contributed by atoms with Gasteiger partial charge in [0.15, 0.2) is 0 Å². The zero-order chi connectivity index (χ0) is 52.5. The van der Waals surface area contributed by atoms with E-state index in [0.717, 1.165) is 89.0 Å². The molecule has 2 saturated carbocycles. The number of nitrogens with two attached hydrogens (primary N) is 1. The van der Waals surface area contributed by atoms with Crippen LogP contribution in [0.2, 0.25) is 0 Å². The second kappa shape index (κ2) is 33.1. The molecule has 0 aromatic heterocycles. The third-order valence-electron chi connectivity index (χ3n) is 14.8. The van der Waals surface area contributed by atoms with Crippen molar-refractivity contribution in [2.75, 3.05) is 53.7 Å². The van der Waals surface area contributed by atoms with Crippen molar-refractivity contribution in [1.29, 1.82) is 0 Å². The lowest BCUT2D eigenvalue weighted by molar-refractivity contribution is -0.152. The molecule has 6 atom stereocenters. The van der Waals surface area contributed by atoms with Gasteiger partial charge in [-0.2, -0.15) is 0 Å². The molecule has 3 aromatic carbocycles. The second-order valence-electron chi connectivity index (χ2n) is 20.2. The first-order valence-corrected chi connectivity index (χ1v) is 27.1. The van der Waals surface area contributed by atoms with Crippen molar-refractivity contribution in [2.24, 2.45) is 17.6 Å². The van der Waals surface area contributed by atoms with Crippen LogP contribution in [-0.2, 0) is 72.0 Å². The van der Waals surface area contributed by atoms with Crippen LogP contribution in [0, 0.1) is 11.8 Å². The number of unbranched alkanes of at least 4 members (excludes halogenated alkanes) is 2. The fourth-order valence-corrected chi connectivity index (χ4v) is 10.7. The van der Waals surface area contributed by atoms with Crippen LogP contribution in [0.5, 0.6) is 5.75 Å². The quantitative estimate of drug-likeness (QED) is 0.0552. The van der Waals surface area contributed by atoms with Crippen LogP contribution in [0.15, 0.2) is 84.9 Å². The fourth-order valence-electron chi connectivity index (χ4n) is 10.7. The number of carbonyl (C=O) groups is 5. The number of rotatable bonds is 25. The Morgan fingerprint density at radius 3 is 1.53 bits per heavy atom. The van der Waals surface area contributed by atoms with Gasteiger partial charge < -0.3 is 54.4 Å². The van der Waals surface area contributed by atoms with Crippen molar-refractivity contribution >= 4 is 42.1 Å². The van der Waals surface area contributed by atoms with E-state index >= 15 is 0 Å². The van der Waals surface area contributed by atoms with Crippen LogP contribution < -0.4 is 11.1 Å². The maximum atomic E-state index is 14.0. The lowest BCUT2D eigenvalue weighted by Gasteiger charge is -2.34. The Labute approximate surface area is 450 Å². The number of halogens is 1. The van der Waals surface area contributed by atoms with Gasteiger partial charge in [-0.1, -0.05) is 111 Å². The summed E-state index contributed by atoms with van der Waals surface area (Å²) in [5, 5.41) is 12.8. The Balaban J connectivity index is 0.000000284. The van der Waals surface area contributed by atoms with E-state index in [1.165, 1.54) is 26.2 Å². The molecule has 4 fully saturated rings. The third kappa shape index (κ3) is 19.8. The number of phenols is 1. The van der Waals surface area contributed by atoms with E-state index in [1.54, 1.807) is 34.1 Å². The maximum Gasteiger partial charge on any atom is 0.328 e. The van der Waals surface area contributed by atoms with Crippen LogP contribution in [0.3, 0.4) is 0 Å². The molecule has 3 amide bonds. The number of ether oxygens (including phenoxy) is 6. The molecule has 414 valence electrons. The first-order chi connectivity index (χ1) is 36.0. The van der Waals surface area contributed by atoms with Gasteiger partial charge in [0.25, 0.3) is 0 Å². The number of esters is 2. The molecule has 7 rings (SSSR count). The van der Waals surface area contributed by atoms with E-state index in [4.69, 9.17) is 34.2 Å². The molecule has 2 aliphatic heterocycles. The molecule has 0 unspecified atom stereocenters. The minimum Gasteiger partial charge on any atom is -0.508 e. The molecule has 2 saturated heterocycles. The van der Waals surface area contributed by atoms with Crippen molar-refractivity contribution in [1.82, 2.24) is 15.1 Å². The highest BCUT2D eigenvalue weighted by molar-refractivity contribution is 5.92. The number of nitrogens with one attached hydrogen (secondary N) is 1. The normalized spacial score (nSPS) is 20.7. The van der Waals surface area contributed by atoms with Gasteiger partial charge in [-0.05, 0) is 92.0 Å². The van der Waals surface area contributed by atoms with Gasteiger partial charge in [0.2, 0.25) is 17.7 Å². The summed E-state index contributed by atoms with van der Waals surface area (Å²) < 4.78 is 33.5. The SMILES string of the molecule is COC(=O)[C@@H]1C[C@@H](OCCCCOCc2ccccc2)CN1C(=O)[C@@H](N)C1CCCCC1.COC(=O)[C@@H]1C[C@@H](OCCCCOCc2ccccc2)CN1C(=O)[C@@H](NC(=O)Cc1cccc(O)c1)C1CCCCC1.Cl. The van der Waals surface area contributed by atoms with Crippen LogP contribution in [0.25, 0.3) is 0 Å². The smallest absolute Gasteiger partial charge is 0.328 e. The fraction of sp³-hybridized carbons (Fsp3) is 0.603. The first-order valence-electron chi connectivity index (χ1n) is 27.1. The van der Waals surface area contributed by atoms with E-state index in [9.17, 15) is 29.1 Å². The number of phenolic OH excluding ortho intramolecular Hbond substituents is 1. The first kappa shape index (κ1) is 60.8. The van der Waals surface area contributed by atoms with Crippen LogP contribution in [-0.4, -0.2) is 135 Å². The van der Waals surface area contributed by atoms with Gasteiger partial charge in [-0.25, -0.2) is 9.59 Å². The molecule has 4 aliphatic rings. The minimum absolute atomic E-state index is 0. The van der Waals surface area contributed by atoms with Crippen molar-refractivity contribution in [3.63, 3.8) is 0 Å². The molecule has 0 bridgehead atoms. The molecule has 2 aliphatic carbocycles. The van der Waals surface area contributed by atoms with Gasteiger partial charge in [0.1, 0.15) is 23.9 Å². The summed E-state index contributed by atoms with van der Waals surface area (Å²) in [5.41, 5.74) is 9.30. The van der Waals surface area contributed by atoms with E-state index in [1.807, 2.05) is 60.7 Å². The summed E-state index contributed by atoms with van der Waals surface area (Å²) in [4.78, 5) is 68.4. The summed E-state index contributed by atoms with van der Waals surface area (Å²) in [5.74, 6) is -1.29. The zero-order valence-corrected chi connectivity index (χ0v) is 45.0. The van der Waals surface area contributed by atoms with Crippen molar-refractivity contribution in [3.8, 4) is 5.75 Å². The van der Waals surface area contributed by atoms with Crippen molar-refractivity contribution < 1.29 is 57.5 Å². The maximum absolute atomic E-state index is 14.0. The number of hydrogen-bond donors (Lipinski definition) is 3. The highest BCUT2D eigenvalue weighted by Gasteiger charge is 2.46. The van der Waals surface area contributed by atoms with Gasteiger partial charge in [-0.15, -0.1) is 12.4 Å². The van der Waals surface area contributed by atoms with Crippen molar-refractivity contribution in [3.05, 3.63) is 102 Å². The molecular weight excluding hydrogens is 980 g/mol. The van der Waals surface area contributed by atoms with Gasteiger partial charge in [-0.3, -0.25) is 14.4 Å². The number of likely N-dealkylation sites (tertiary alicyclic amines) is 2. The summed E-state index contributed by atoms with van der Waals surface area (Å²) >= 11 is 0. The van der Waals surface area contributed by atoms with E-state index in [2.05, 4.69) is 5.32 Å². The van der Waals surface area contributed by atoms with E-state index in [0.29, 0.717) is 64.6 Å². The highest BCUT2D eigenvalue weighted by Crippen LogP contribution is 2.32. The summed E-state index contributed by atoms with van der Waals surface area (Å²) in [6.45, 7) is 4.24. The third-order valence-corrected chi connectivity index (χ3v) is 14.8. The Morgan fingerprint density at radius 2 is 1.05 bits per heavy atom. The molecule has 0 radical (unpaired) electrons. The average Bonchev–Trinajstić information content (AvgIpc) is 4.07. The molecule has 17 heteroatoms. The Morgan fingerprint density at radius 1 is 0.600 bits per heavy atom. The Hall–Kier alpha value is -5.10. The average molecular weight is 1060 g/mol. The number of benzene rings is 3. The predicted molar refractivity (Wildman–Crippen MR) is 287 cm³/mol. The molecule has 4 N–H and O–H groups in total. The van der Waals surface area contributed by atoms with Gasteiger partial charge in [0.05, 0.1) is 52.1 Å². The molecule has 0 spiro atoms. The number of methoxy groups -OCH3 is 2. The van der Waals surface area contributed by atoms with Crippen LogP contribution in [0.4, 0.5) is 0 Å². The Bertz CT molecular complexity index is 2160. The number of nitrogens with zero attached hydrogens (tertiary/aromatic N) is 2. The molecular formula is C58H83ClN4O12. The van der Waals surface area contributed by atoms with Crippen LogP contribution in [0.1, 0.15) is 119 Å². The zero-order valence-electron chi connectivity index (χ0n) is 44.2. The monoisotopic (exact) mass is 1060 g/mol. The summed E-state index contributed by atoms with van der Waals surface area (Å²) in [6, 6.07) is 24.0. The summed E-state index contributed by atoms with van der Waals surface area (Å²) in [7, 11) is 2.68. The lowest BCUT2D eigenvalue weighted by Crippen LogP contribution is -2.55. The molecule has 16 nitrogen and oxygen atoms in total. The van der Waals surface area contributed by atoms with Gasteiger partial charge in [0, 0.05) is 52.4 Å². The van der Waals surface area contributed by atoms with E-state index < -0.39 is 36.1 Å². The second-order valence-corrected chi connectivity index (χ2v) is 20.2. The number of aromatic hydroxyl groups is 1. The molecule has 3 aromatic rings. The lowest BCUT2D eigenvalue weighted by atomic mass is 9.83. The van der Waals surface area contributed by atoms with Gasteiger partial charge >= 0.3 is 11.9 Å². The van der Waals surface area contributed by atoms with E-state index in [-0.39, 0.29) is 72.9 Å². The number of hydrogen-bond acceptors (Lipinski definition) is 13. The number of carbonyl (C=O) groups excluding carboxylic acids is 5. The predicted octanol–water partition coefficient (Wildman–Crippen LogP) is 7.63. The Kier molecular flexibility index (Phi) is 26.9. The topological polar surface area (TPSA) is 205 Å². The number of amides is 3.